The molecule has 2 amide bonds. The van der Waals surface area contributed by atoms with Gasteiger partial charge in [0.05, 0.1) is 15.6 Å². The van der Waals surface area contributed by atoms with Gasteiger partial charge < -0.3 is 15.5 Å². The number of thiocarbonyl (C=S) groups is 1. The monoisotopic (exact) mass is 507 g/mol. The van der Waals surface area contributed by atoms with E-state index in [-0.39, 0.29) is 10.9 Å². The molecule has 1 aliphatic rings. The Morgan fingerprint density at radius 1 is 1.22 bits per heavy atom. The zero-order valence-electron chi connectivity index (χ0n) is 17.0. The highest BCUT2D eigenvalue weighted by Gasteiger charge is 2.27. The molecule has 166 valence electrons. The largest absolute Gasteiger partial charge is 0.451 e. The lowest BCUT2D eigenvalue weighted by Gasteiger charge is -2.18. The molecule has 10 heteroatoms. The number of halogens is 2. The van der Waals surface area contributed by atoms with Crippen molar-refractivity contribution in [3.05, 3.63) is 62.1 Å². The molecule has 4 N–H and O–H groups in total. The number of thiophene rings is 1. The Morgan fingerprint density at radius 3 is 2.72 bits per heavy atom. The summed E-state index contributed by atoms with van der Waals surface area (Å²) < 4.78 is 5.64. The number of anilines is 1. The average Bonchev–Trinajstić information content (AvgIpc) is 3.34. The summed E-state index contributed by atoms with van der Waals surface area (Å²) in [7, 11) is 0. The van der Waals surface area contributed by atoms with Crippen molar-refractivity contribution in [1.82, 2.24) is 5.32 Å². The molecule has 0 saturated carbocycles. The minimum absolute atomic E-state index is 0.0524. The van der Waals surface area contributed by atoms with Gasteiger partial charge in [-0.25, -0.2) is 0 Å². The molecule has 6 nitrogen and oxygen atoms in total. The first-order chi connectivity index (χ1) is 15.2. The Bertz CT molecular complexity index is 1240. The van der Waals surface area contributed by atoms with Crippen LogP contribution in [0.5, 0.6) is 0 Å². The Hall–Kier alpha value is -2.39. The first-order valence-corrected chi connectivity index (χ1v) is 11.8. The van der Waals surface area contributed by atoms with E-state index in [1.54, 1.807) is 24.3 Å². The molecule has 32 heavy (non-hydrogen) atoms. The summed E-state index contributed by atoms with van der Waals surface area (Å²) in [6.07, 6.45) is 2.70. The van der Waals surface area contributed by atoms with E-state index in [0.717, 1.165) is 29.7 Å². The van der Waals surface area contributed by atoms with E-state index >= 15 is 0 Å². The first-order valence-electron chi connectivity index (χ1n) is 9.85. The minimum Gasteiger partial charge on any atom is -0.451 e. The van der Waals surface area contributed by atoms with Gasteiger partial charge >= 0.3 is 0 Å². The summed E-state index contributed by atoms with van der Waals surface area (Å²) in [5, 5.41) is 6.96. The predicted octanol–water partition coefficient (Wildman–Crippen LogP) is 5.67. The second kappa shape index (κ2) is 9.23. The van der Waals surface area contributed by atoms with Crippen LogP contribution in [0, 0.1) is 5.92 Å². The van der Waals surface area contributed by atoms with E-state index < -0.39 is 11.8 Å². The van der Waals surface area contributed by atoms with Crippen LogP contribution < -0.4 is 16.4 Å². The van der Waals surface area contributed by atoms with Gasteiger partial charge in [-0.1, -0.05) is 30.1 Å². The number of carbonyl (C=O) groups excluding carboxylic acids is 2. The van der Waals surface area contributed by atoms with Crippen LogP contribution in [-0.2, 0) is 12.8 Å². The summed E-state index contributed by atoms with van der Waals surface area (Å²) in [6.45, 7) is 2.18. The van der Waals surface area contributed by atoms with Crippen LogP contribution in [0.2, 0.25) is 10.0 Å². The summed E-state index contributed by atoms with van der Waals surface area (Å²) in [5.41, 5.74) is 7.75. The number of hydrogen-bond donors (Lipinski definition) is 3. The third-order valence-electron chi connectivity index (χ3n) is 5.25. The van der Waals surface area contributed by atoms with Crippen molar-refractivity contribution in [2.24, 2.45) is 11.7 Å². The molecular formula is C22H19Cl2N3O3S2. The van der Waals surface area contributed by atoms with E-state index in [9.17, 15) is 9.59 Å². The molecule has 0 aliphatic heterocycles. The smallest absolute Gasteiger partial charge is 0.293 e. The maximum absolute atomic E-state index is 12.6. The Balaban J connectivity index is 1.47. The van der Waals surface area contributed by atoms with Gasteiger partial charge in [0.25, 0.3) is 11.8 Å². The fraction of sp³-hybridized carbons (Fsp3) is 0.227. The van der Waals surface area contributed by atoms with Gasteiger partial charge in [-0.3, -0.25) is 14.9 Å². The lowest BCUT2D eigenvalue weighted by molar-refractivity contribution is 0.0950. The second-order valence-corrected chi connectivity index (χ2v) is 9.95. The third kappa shape index (κ3) is 4.68. The molecule has 3 aromatic rings. The summed E-state index contributed by atoms with van der Waals surface area (Å²) in [4.78, 5) is 25.8. The molecule has 0 fully saturated rings. The molecule has 0 saturated heterocycles. The Kier molecular flexibility index (Phi) is 6.57. The molecule has 0 spiro atoms. The van der Waals surface area contributed by atoms with Crippen LogP contribution in [0.4, 0.5) is 5.00 Å². The summed E-state index contributed by atoms with van der Waals surface area (Å²) in [6, 6.07) is 8.24. The van der Waals surface area contributed by atoms with Crippen LogP contribution in [-0.4, -0.2) is 16.9 Å². The number of nitrogens with one attached hydrogen (secondary N) is 2. The highest BCUT2D eigenvalue weighted by molar-refractivity contribution is 7.80. The summed E-state index contributed by atoms with van der Waals surface area (Å²) >= 11 is 18.7. The fourth-order valence-electron chi connectivity index (χ4n) is 3.66. The van der Waals surface area contributed by atoms with Gasteiger partial charge in [0, 0.05) is 10.4 Å². The molecule has 1 atom stereocenters. The Morgan fingerprint density at radius 2 is 2.00 bits per heavy atom. The van der Waals surface area contributed by atoms with Crippen molar-refractivity contribution in [1.29, 1.82) is 0 Å². The van der Waals surface area contributed by atoms with Crippen molar-refractivity contribution < 1.29 is 14.0 Å². The van der Waals surface area contributed by atoms with Crippen molar-refractivity contribution in [2.75, 3.05) is 5.32 Å². The fourth-order valence-corrected chi connectivity index (χ4v) is 5.64. The number of nitrogens with two attached hydrogens (primary N) is 1. The molecule has 2 heterocycles. The van der Waals surface area contributed by atoms with Gasteiger partial charge in [-0.15, -0.1) is 11.3 Å². The molecule has 0 unspecified atom stereocenters. The molecule has 1 aromatic carbocycles. The zero-order chi connectivity index (χ0) is 23.0. The highest BCUT2D eigenvalue weighted by Crippen LogP contribution is 2.39. The van der Waals surface area contributed by atoms with E-state index in [1.807, 2.05) is 0 Å². The maximum atomic E-state index is 12.6. The lowest BCUT2D eigenvalue weighted by Crippen LogP contribution is -2.34. The van der Waals surface area contributed by atoms with Crippen LogP contribution in [0.15, 0.2) is 34.7 Å². The number of furan rings is 1. The van der Waals surface area contributed by atoms with Crippen molar-refractivity contribution in [2.45, 2.75) is 26.2 Å². The van der Waals surface area contributed by atoms with Crippen LogP contribution in [0.3, 0.4) is 0 Å². The van der Waals surface area contributed by atoms with Crippen LogP contribution >= 0.6 is 46.8 Å². The topological polar surface area (TPSA) is 97.4 Å². The normalized spacial score (nSPS) is 15.2. The standard InChI is InChI=1S/C22H19Cl2N3O3S2/c1-10-2-4-12-17(8-10)32-21(18(12)19(25)28)27-22(31)26-20(29)16-7-6-15(30-16)11-3-5-13(23)14(24)9-11/h3,5-7,9-10H,2,4,8H2,1H3,(H2,25,28)(H2,26,27,29,31)/t10-/m0/s1. The van der Waals surface area contributed by atoms with Crippen LogP contribution in [0.25, 0.3) is 11.3 Å². The van der Waals surface area contributed by atoms with E-state index in [4.69, 9.17) is 45.6 Å². The Labute approximate surface area is 204 Å². The van der Waals surface area contributed by atoms with Crippen molar-refractivity contribution >= 4 is 68.7 Å². The molecule has 1 aliphatic carbocycles. The third-order valence-corrected chi connectivity index (χ3v) is 7.36. The number of hydrogen-bond acceptors (Lipinski definition) is 5. The maximum Gasteiger partial charge on any atom is 0.293 e. The van der Waals surface area contributed by atoms with E-state index in [0.29, 0.717) is 37.9 Å². The highest BCUT2D eigenvalue weighted by atomic mass is 35.5. The SMILES string of the molecule is C[C@H]1CCc2c(sc(NC(=S)NC(=O)c3ccc(-c4ccc(Cl)c(Cl)c4)o3)c2C(N)=O)C1. The van der Waals surface area contributed by atoms with Crippen molar-refractivity contribution in [3.8, 4) is 11.3 Å². The number of primary amides is 1. The van der Waals surface area contributed by atoms with Gasteiger partial charge in [-0.2, -0.15) is 0 Å². The number of fused-ring (bicyclic) bond motifs is 1. The zero-order valence-corrected chi connectivity index (χ0v) is 20.1. The minimum atomic E-state index is -0.524. The van der Waals surface area contributed by atoms with E-state index in [1.165, 1.54) is 17.4 Å². The number of carbonyl (C=O) groups is 2. The van der Waals surface area contributed by atoms with Gasteiger partial charge in [0.15, 0.2) is 10.9 Å². The average molecular weight is 508 g/mol. The molecule has 4 rings (SSSR count). The van der Waals surface area contributed by atoms with Gasteiger partial charge in [-0.05, 0) is 73.3 Å². The first kappa shape index (κ1) is 22.8. The van der Waals surface area contributed by atoms with Crippen molar-refractivity contribution in [3.63, 3.8) is 0 Å². The second-order valence-electron chi connectivity index (χ2n) is 7.62. The lowest BCUT2D eigenvalue weighted by atomic mass is 9.88. The molecule has 2 aromatic heterocycles. The molecule has 0 bridgehead atoms. The van der Waals surface area contributed by atoms with Gasteiger partial charge in [0.1, 0.15) is 10.8 Å². The number of amides is 2. The van der Waals surface area contributed by atoms with Gasteiger partial charge in [0.2, 0.25) is 0 Å². The molecular weight excluding hydrogens is 489 g/mol. The predicted molar refractivity (Wildman–Crippen MR) is 132 cm³/mol. The van der Waals surface area contributed by atoms with E-state index in [2.05, 4.69) is 17.6 Å². The number of benzene rings is 1. The quantitative estimate of drug-likeness (QED) is 0.395. The van der Waals surface area contributed by atoms with Crippen LogP contribution in [0.1, 0.15) is 44.7 Å². The summed E-state index contributed by atoms with van der Waals surface area (Å²) in [5.74, 6) is 0.0497. The number of rotatable bonds is 4. The molecule has 0 radical (unpaired) electrons.